The molecule has 1 aromatic heterocycles. The van der Waals surface area contributed by atoms with Gasteiger partial charge in [0.2, 0.25) is 0 Å². The van der Waals surface area contributed by atoms with Crippen LogP contribution in [-0.4, -0.2) is 16.1 Å². The number of aryl methyl sites for hydroxylation is 1. The second-order valence-electron chi connectivity index (χ2n) is 4.20. The van der Waals surface area contributed by atoms with E-state index in [1.165, 1.54) is 0 Å². The molecule has 19 heavy (non-hydrogen) atoms. The van der Waals surface area contributed by atoms with Crippen molar-refractivity contribution in [2.45, 2.75) is 13.5 Å². The molecule has 0 spiro atoms. The first-order chi connectivity index (χ1) is 9.08. The number of nitrogens with zero attached hydrogens (tertiary/aromatic N) is 2. The number of hydrogen-bond donors (Lipinski definition) is 1. The Hall–Kier alpha value is -2.07. The van der Waals surface area contributed by atoms with Crippen molar-refractivity contribution in [3.05, 3.63) is 47.0 Å². The van der Waals surface area contributed by atoms with Crippen LogP contribution in [0.4, 0.5) is 5.82 Å². The van der Waals surface area contributed by atoms with Gasteiger partial charge in [-0.25, -0.2) is 4.68 Å². The Morgan fingerprint density at radius 1 is 1.53 bits per heavy atom. The Morgan fingerprint density at radius 2 is 2.26 bits per heavy atom. The summed E-state index contributed by atoms with van der Waals surface area (Å²) in [5, 5.41) is 5.03. The van der Waals surface area contributed by atoms with Gasteiger partial charge in [-0.2, -0.15) is 5.10 Å². The van der Waals surface area contributed by atoms with Crippen molar-refractivity contribution in [2.75, 3.05) is 5.73 Å². The second-order valence-corrected chi connectivity index (χ2v) is 4.61. The Morgan fingerprint density at radius 3 is 2.84 bits per heavy atom. The van der Waals surface area contributed by atoms with Gasteiger partial charge in [0, 0.05) is 10.6 Å². The standard InChI is InChI=1S/C14H14ClN3O/c1-3-6-18-14(16)11(8-19)13(17-18)10-4-5-12(15)9(2)7-10/h3-5,7-8H,1,6,16H2,2H3. The highest BCUT2D eigenvalue weighted by Crippen LogP contribution is 2.28. The fourth-order valence-corrected chi connectivity index (χ4v) is 1.99. The van der Waals surface area contributed by atoms with Crippen LogP contribution in [-0.2, 0) is 6.54 Å². The molecule has 1 aromatic carbocycles. The van der Waals surface area contributed by atoms with Crippen LogP contribution in [0.3, 0.4) is 0 Å². The van der Waals surface area contributed by atoms with E-state index in [9.17, 15) is 4.79 Å². The van der Waals surface area contributed by atoms with Crippen LogP contribution in [0, 0.1) is 6.92 Å². The summed E-state index contributed by atoms with van der Waals surface area (Å²) in [4.78, 5) is 11.2. The summed E-state index contributed by atoms with van der Waals surface area (Å²) in [7, 11) is 0. The van der Waals surface area contributed by atoms with E-state index >= 15 is 0 Å². The van der Waals surface area contributed by atoms with E-state index < -0.39 is 0 Å². The number of aldehydes is 1. The molecule has 0 radical (unpaired) electrons. The average Bonchev–Trinajstić information content (AvgIpc) is 2.70. The van der Waals surface area contributed by atoms with Crippen LogP contribution in [0.5, 0.6) is 0 Å². The molecule has 0 bridgehead atoms. The molecule has 2 aromatic rings. The van der Waals surface area contributed by atoms with E-state index in [1.54, 1.807) is 16.8 Å². The van der Waals surface area contributed by atoms with E-state index in [1.807, 2.05) is 19.1 Å². The van der Waals surface area contributed by atoms with Gasteiger partial charge in [-0.05, 0) is 24.6 Å². The maximum atomic E-state index is 11.2. The summed E-state index contributed by atoms with van der Waals surface area (Å²) in [5.41, 5.74) is 8.60. The first-order valence-electron chi connectivity index (χ1n) is 5.77. The van der Waals surface area contributed by atoms with Crippen LogP contribution in [0.25, 0.3) is 11.3 Å². The molecule has 0 aliphatic heterocycles. The summed E-state index contributed by atoms with van der Waals surface area (Å²) >= 11 is 5.99. The molecule has 1 heterocycles. The number of halogens is 1. The molecule has 0 unspecified atom stereocenters. The van der Waals surface area contributed by atoms with Crippen LogP contribution >= 0.6 is 11.6 Å². The molecular formula is C14H14ClN3O. The maximum absolute atomic E-state index is 11.2. The van der Waals surface area contributed by atoms with Crippen molar-refractivity contribution >= 4 is 23.7 Å². The fourth-order valence-electron chi connectivity index (χ4n) is 1.87. The predicted octanol–water partition coefficient (Wildman–Crippen LogP) is 3.09. The minimum Gasteiger partial charge on any atom is -0.383 e. The molecule has 2 N–H and O–H groups in total. The van der Waals surface area contributed by atoms with Crippen molar-refractivity contribution in [2.24, 2.45) is 0 Å². The zero-order chi connectivity index (χ0) is 14.0. The van der Waals surface area contributed by atoms with E-state index in [-0.39, 0.29) is 0 Å². The van der Waals surface area contributed by atoms with Gasteiger partial charge < -0.3 is 5.73 Å². The number of hydrogen-bond acceptors (Lipinski definition) is 3. The van der Waals surface area contributed by atoms with Crippen LogP contribution in [0.2, 0.25) is 5.02 Å². The molecule has 0 saturated carbocycles. The topological polar surface area (TPSA) is 60.9 Å². The summed E-state index contributed by atoms with van der Waals surface area (Å²) in [6, 6.07) is 5.49. The highest BCUT2D eigenvalue weighted by atomic mass is 35.5. The van der Waals surface area contributed by atoms with Gasteiger partial charge in [0.1, 0.15) is 11.5 Å². The van der Waals surface area contributed by atoms with Gasteiger partial charge in [-0.15, -0.1) is 6.58 Å². The van der Waals surface area contributed by atoms with Crippen LogP contribution in [0.15, 0.2) is 30.9 Å². The van der Waals surface area contributed by atoms with Crippen molar-refractivity contribution in [1.29, 1.82) is 0 Å². The van der Waals surface area contributed by atoms with Crippen molar-refractivity contribution in [3.63, 3.8) is 0 Å². The molecule has 5 heteroatoms. The third kappa shape index (κ3) is 2.39. The van der Waals surface area contributed by atoms with Gasteiger partial charge in [0.05, 0.1) is 12.1 Å². The predicted molar refractivity (Wildman–Crippen MR) is 77.4 cm³/mol. The highest BCUT2D eigenvalue weighted by molar-refractivity contribution is 6.31. The Labute approximate surface area is 116 Å². The largest absolute Gasteiger partial charge is 0.383 e. The molecule has 2 rings (SSSR count). The summed E-state index contributed by atoms with van der Waals surface area (Å²) in [5.74, 6) is 0.345. The molecule has 0 aliphatic carbocycles. The smallest absolute Gasteiger partial charge is 0.156 e. The van der Waals surface area contributed by atoms with Gasteiger partial charge in [-0.1, -0.05) is 23.7 Å². The molecule has 0 amide bonds. The molecule has 0 aliphatic rings. The average molecular weight is 276 g/mol. The first-order valence-corrected chi connectivity index (χ1v) is 6.15. The fraction of sp³-hybridized carbons (Fsp3) is 0.143. The third-order valence-electron chi connectivity index (χ3n) is 2.88. The van der Waals surface area contributed by atoms with Crippen LogP contribution in [0.1, 0.15) is 15.9 Å². The lowest BCUT2D eigenvalue weighted by Gasteiger charge is -2.02. The van der Waals surface area contributed by atoms with Crippen LogP contribution < -0.4 is 5.73 Å². The number of nitrogens with two attached hydrogens (primary N) is 1. The number of rotatable bonds is 4. The Bertz CT molecular complexity index is 646. The molecule has 98 valence electrons. The molecule has 0 fully saturated rings. The first kappa shape index (κ1) is 13.4. The van der Waals surface area contributed by atoms with E-state index in [4.69, 9.17) is 17.3 Å². The summed E-state index contributed by atoms with van der Waals surface area (Å²) in [6.07, 6.45) is 2.40. The number of benzene rings is 1. The van der Waals surface area contributed by atoms with Gasteiger partial charge in [-0.3, -0.25) is 4.79 Å². The lowest BCUT2D eigenvalue weighted by atomic mass is 10.1. The molecule has 4 nitrogen and oxygen atoms in total. The maximum Gasteiger partial charge on any atom is 0.156 e. The van der Waals surface area contributed by atoms with Crippen molar-refractivity contribution in [1.82, 2.24) is 9.78 Å². The lowest BCUT2D eigenvalue weighted by molar-refractivity contribution is 0.112. The zero-order valence-corrected chi connectivity index (χ0v) is 11.3. The highest BCUT2D eigenvalue weighted by Gasteiger charge is 2.16. The minimum absolute atomic E-state index is 0.345. The number of nitrogen functional groups attached to an aromatic ring is 1. The number of carbonyl (C=O) groups is 1. The number of allylic oxidation sites excluding steroid dienone is 1. The second kappa shape index (κ2) is 5.28. The summed E-state index contributed by atoms with van der Waals surface area (Å²) < 4.78 is 1.55. The quantitative estimate of drug-likeness (QED) is 0.689. The summed E-state index contributed by atoms with van der Waals surface area (Å²) in [6.45, 7) is 6.00. The SMILES string of the molecule is C=CCn1nc(-c2ccc(Cl)c(C)c2)c(C=O)c1N. The zero-order valence-electron chi connectivity index (χ0n) is 10.6. The molecule has 0 saturated heterocycles. The van der Waals surface area contributed by atoms with Crippen molar-refractivity contribution in [3.8, 4) is 11.3 Å². The number of carbonyl (C=O) groups excluding carboxylic acids is 1. The minimum atomic E-state index is 0.345. The third-order valence-corrected chi connectivity index (χ3v) is 3.31. The van der Waals surface area contributed by atoms with E-state index in [0.29, 0.717) is 28.6 Å². The van der Waals surface area contributed by atoms with Gasteiger partial charge in [0.25, 0.3) is 0 Å². The van der Waals surface area contributed by atoms with Crippen molar-refractivity contribution < 1.29 is 4.79 Å². The monoisotopic (exact) mass is 275 g/mol. The molecular weight excluding hydrogens is 262 g/mol. The Balaban J connectivity index is 2.60. The van der Waals surface area contributed by atoms with Gasteiger partial charge >= 0.3 is 0 Å². The normalized spacial score (nSPS) is 10.4. The Kier molecular flexibility index (Phi) is 3.71. The molecule has 0 atom stereocenters. The number of aromatic nitrogens is 2. The van der Waals surface area contributed by atoms with E-state index in [2.05, 4.69) is 11.7 Å². The lowest BCUT2D eigenvalue weighted by Crippen LogP contribution is -2.03. The van der Waals surface area contributed by atoms with E-state index in [0.717, 1.165) is 17.4 Å². The van der Waals surface area contributed by atoms with Gasteiger partial charge in [0.15, 0.2) is 6.29 Å². The number of anilines is 1.